The van der Waals surface area contributed by atoms with E-state index in [-0.39, 0.29) is 5.70 Å². The van der Waals surface area contributed by atoms with Crippen LogP contribution in [0.3, 0.4) is 0 Å². The number of hydrogen-bond donors (Lipinski definition) is 1. The highest BCUT2D eigenvalue weighted by Gasteiger charge is 2.06. The van der Waals surface area contributed by atoms with Crippen molar-refractivity contribution in [1.82, 2.24) is 4.98 Å². The van der Waals surface area contributed by atoms with Gasteiger partial charge < -0.3 is 4.98 Å². The number of halogens is 1. The first kappa shape index (κ1) is 10.7. The number of nitrogens with zero attached hydrogens (tertiary/aromatic N) is 1. The third-order valence-electron chi connectivity index (χ3n) is 2.33. The minimum atomic E-state index is -0.408. The number of nitrogens with one attached hydrogen (secondary N) is 1. The number of nitro groups is 1. The Morgan fingerprint density at radius 1 is 1.56 bits per heavy atom. The Labute approximate surface area is 96.7 Å². The van der Waals surface area contributed by atoms with E-state index in [1.165, 1.54) is 13.0 Å². The number of rotatable bonds is 2. The molecule has 4 nitrogen and oxygen atoms in total. The molecule has 0 saturated carbocycles. The van der Waals surface area contributed by atoms with Crippen LogP contribution in [0.1, 0.15) is 12.5 Å². The van der Waals surface area contributed by atoms with Crippen molar-refractivity contribution in [3.63, 3.8) is 0 Å². The van der Waals surface area contributed by atoms with E-state index >= 15 is 0 Å². The van der Waals surface area contributed by atoms with Crippen LogP contribution >= 0.6 is 11.6 Å². The van der Waals surface area contributed by atoms with Gasteiger partial charge in [0.15, 0.2) is 0 Å². The fourth-order valence-corrected chi connectivity index (χ4v) is 1.69. The molecule has 0 bridgehead atoms. The molecule has 0 amide bonds. The van der Waals surface area contributed by atoms with Crippen molar-refractivity contribution in [2.24, 2.45) is 0 Å². The van der Waals surface area contributed by atoms with Crippen LogP contribution in [0.5, 0.6) is 0 Å². The first-order chi connectivity index (χ1) is 7.58. The van der Waals surface area contributed by atoms with Crippen molar-refractivity contribution < 1.29 is 4.92 Å². The number of benzene rings is 1. The monoisotopic (exact) mass is 236 g/mol. The third kappa shape index (κ3) is 1.92. The highest BCUT2D eigenvalue weighted by Crippen LogP contribution is 2.23. The number of aromatic amines is 1. The second-order valence-electron chi connectivity index (χ2n) is 3.48. The third-order valence-corrected chi connectivity index (χ3v) is 2.56. The predicted octanol–water partition coefficient (Wildman–Crippen LogP) is 3.46. The average molecular weight is 237 g/mol. The minimum absolute atomic E-state index is 0.107. The molecular formula is C11H9ClN2O2. The summed E-state index contributed by atoms with van der Waals surface area (Å²) in [6.07, 6.45) is 3.26. The van der Waals surface area contributed by atoms with Crippen LogP contribution < -0.4 is 0 Å². The molecule has 1 aromatic carbocycles. The molecular weight excluding hydrogens is 228 g/mol. The standard InChI is InChI=1S/C11H9ClN2O2/c1-7(14(15)16)4-8-6-13-11-5-9(12)2-3-10(8)11/h2-6,13H,1H3/b7-4+. The van der Waals surface area contributed by atoms with Crippen LogP contribution in [0.15, 0.2) is 30.1 Å². The summed E-state index contributed by atoms with van der Waals surface area (Å²) in [5.74, 6) is 0. The van der Waals surface area contributed by atoms with Crippen molar-refractivity contribution in [3.8, 4) is 0 Å². The van der Waals surface area contributed by atoms with E-state index in [0.717, 1.165) is 16.5 Å². The first-order valence-corrected chi connectivity index (χ1v) is 5.05. The van der Waals surface area contributed by atoms with Gasteiger partial charge in [0.2, 0.25) is 5.70 Å². The molecule has 0 saturated heterocycles. The van der Waals surface area contributed by atoms with Gasteiger partial charge in [0.1, 0.15) is 0 Å². The molecule has 1 N–H and O–H groups in total. The SMILES string of the molecule is C/C(=C\c1c[nH]c2cc(Cl)ccc12)[N+](=O)[O-]. The van der Waals surface area contributed by atoms with Crippen LogP contribution in [-0.2, 0) is 0 Å². The second kappa shape index (κ2) is 3.98. The van der Waals surface area contributed by atoms with Gasteiger partial charge in [-0.05, 0) is 12.1 Å². The van der Waals surface area contributed by atoms with E-state index in [4.69, 9.17) is 11.6 Å². The van der Waals surface area contributed by atoms with Crippen molar-refractivity contribution in [1.29, 1.82) is 0 Å². The first-order valence-electron chi connectivity index (χ1n) is 4.67. The maximum Gasteiger partial charge on any atom is 0.243 e. The van der Waals surface area contributed by atoms with Crippen LogP contribution in [0, 0.1) is 10.1 Å². The Hall–Kier alpha value is -1.81. The number of aromatic nitrogens is 1. The molecule has 0 aliphatic heterocycles. The largest absolute Gasteiger partial charge is 0.361 e. The molecule has 82 valence electrons. The lowest BCUT2D eigenvalue weighted by Crippen LogP contribution is -1.92. The van der Waals surface area contributed by atoms with Gasteiger partial charge in [-0.1, -0.05) is 17.7 Å². The van der Waals surface area contributed by atoms with Gasteiger partial charge in [-0.3, -0.25) is 10.1 Å². The summed E-state index contributed by atoms with van der Waals surface area (Å²) in [7, 11) is 0. The fraction of sp³-hybridized carbons (Fsp3) is 0.0909. The molecule has 1 heterocycles. The average Bonchev–Trinajstić information content (AvgIpc) is 2.60. The fourth-order valence-electron chi connectivity index (χ4n) is 1.52. The second-order valence-corrected chi connectivity index (χ2v) is 3.91. The molecule has 1 aromatic heterocycles. The molecule has 2 aromatic rings. The predicted molar refractivity (Wildman–Crippen MR) is 64.0 cm³/mol. The van der Waals surface area contributed by atoms with E-state index in [9.17, 15) is 10.1 Å². The summed E-state index contributed by atoms with van der Waals surface area (Å²) in [5, 5.41) is 12.1. The lowest BCUT2D eigenvalue weighted by Gasteiger charge is -1.93. The highest BCUT2D eigenvalue weighted by atomic mass is 35.5. The maximum absolute atomic E-state index is 10.5. The normalized spacial score (nSPS) is 12.0. The lowest BCUT2D eigenvalue weighted by atomic mass is 10.1. The molecule has 0 fully saturated rings. The Morgan fingerprint density at radius 3 is 3.00 bits per heavy atom. The quantitative estimate of drug-likeness (QED) is 0.641. The van der Waals surface area contributed by atoms with Gasteiger partial charge in [-0.15, -0.1) is 0 Å². The van der Waals surface area contributed by atoms with Gasteiger partial charge in [0.25, 0.3) is 0 Å². The van der Waals surface area contributed by atoms with Gasteiger partial charge in [-0.2, -0.15) is 0 Å². The van der Waals surface area contributed by atoms with E-state index in [1.807, 2.05) is 6.07 Å². The summed E-state index contributed by atoms with van der Waals surface area (Å²) in [6, 6.07) is 5.39. The van der Waals surface area contributed by atoms with Crippen LogP contribution in [0.2, 0.25) is 5.02 Å². The van der Waals surface area contributed by atoms with Crippen LogP contribution in [-0.4, -0.2) is 9.91 Å². The summed E-state index contributed by atoms with van der Waals surface area (Å²) < 4.78 is 0. The lowest BCUT2D eigenvalue weighted by molar-refractivity contribution is -0.422. The molecule has 16 heavy (non-hydrogen) atoms. The summed E-state index contributed by atoms with van der Waals surface area (Å²) in [5.41, 5.74) is 1.77. The van der Waals surface area contributed by atoms with Gasteiger partial charge in [0, 0.05) is 40.7 Å². The summed E-state index contributed by atoms with van der Waals surface area (Å²) >= 11 is 5.84. The smallest absolute Gasteiger partial charge is 0.243 e. The van der Waals surface area contributed by atoms with Crippen molar-refractivity contribution in [3.05, 3.63) is 50.8 Å². The molecule has 2 rings (SSSR count). The Balaban J connectivity index is 2.55. The molecule has 0 atom stereocenters. The molecule has 0 radical (unpaired) electrons. The van der Waals surface area contributed by atoms with E-state index in [0.29, 0.717) is 5.02 Å². The van der Waals surface area contributed by atoms with E-state index < -0.39 is 4.92 Å². The Kier molecular flexibility index (Phi) is 2.66. The number of hydrogen-bond acceptors (Lipinski definition) is 2. The van der Waals surface area contributed by atoms with E-state index in [2.05, 4.69) is 4.98 Å². The highest BCUT2D eigenvalue weighted by molar-refractivity contribution is 6.31. The van der Waals surface area contributed by atoms with Gasteiger partial charge in [0.05, 0.1) is 4.92 Å². The zero-order valence-electron chi connectivity index (χ0n) is 8.53. The topological polar surface area (TPSA) is 58.9 Å². The number of H-pyrrole nitrogens is 1. The maximum atomic E-state index is 10.5. The summed E-state index contributed by atoms with van der Waals surface area (Å²) in [4.78, 5) is 13.1. The molecule has 0 unspecified atom stereocenters. The van der Waals surface area contributed by atoms with Crippen LogP contribution in [0.25, 0.3) is 17.0 Å². The molecule has 0 aliphatic rings. The minimum Gasteiger partial charge on any atom is -0.361 e. The number of fused-ring (bicyclic) bond motifs is 1. The zero-order chi connectivity index (χ0) is 11.7. The zero-order valence-corrected chi connectivity index (χ0v) is 9.28. The van der Waals surface area contributed by atoms with Crippen molar-refractivity contribution in [2.75, 3.05) is 0 Å². The molecule has 0 spiro atoms. The van der Waals surface area contributed by atoms with Crippen molar-refractivity contribution in [2.45, 2.75) is 6.92 Å². The van der Waals surface area contributed by atoms with Gasteiger partial charge in [-0.25, -0.2) is 0 Å². The summed E-state index contributed by atoms with van der Waals surface area (Å²) in [6.45, 7) is 1.47. The van der Waals surface area contributed by atoms with Gasteiger partial charge >= 0.3 is 0 Å². The van der Waals surface area contributed by atoms with Crippen LogP contribution in [0.4, 0.5) is 0 Å². The Morgan fingerprint density at radius 2 is 2.31 bits per heavy atom. The van der Waals surface area contributed by atoms with Crippen molar-refractivity contribution >= 4 is 28.6 Å². The molecule has 5 heteroatoms. The van der Waals surface area contributed by atoms with E-state index in [1.54, 1.807) is 18.3 Å². The molecule has 0 aliphatic carbocycles. The Bertz CT molecular complexity index is 587. The number of allylic oxidation sites excluding steroid dienone is 1.